The second-order valence-electron chi connectivity index (χ2n) is 10.8. The van der Waals surface area contributed by atoms with Crippen molar-refractivity contribution in [2.75, 3.05) is 38.1 Å². The lowest BCUT2D eigenvalue weighted by Gasteiger charge is -2.58. The summed E-state index contributed by atoms with van der Waals surface area (Å²) in [6, 6.07) is 2.12. The molecule has 5 fully saturated rings. The Bertz CT molecular complexity index is 735. The standard InChI is InChI=1S/C23H35N5.C2H4O.2C2H6/c1-26-15-19-3-4-20(16-26)28(19)22-24-13-18(14-25-22)17-5-9-27(10-6-17)21-11-23(12-21)7-2-8-23;1-2-3;2*1-2/h13-14,17,19-21H,2-12,15-16H2,1H3;2H,1H3;2*1-2H3. The number of anilines is 1. The Labute approximate surface area is 214 Å². The van der Waals surface area contributed by atoms with E-state index in [0.29, 0.717) is 18.0 Å². The molecule has 3 aliphatic heterocycles. The van der Waals surface area contributed by atoms with Gasteiger partial charge in [-0.05, 0) is 95.3 Å². The van der Waals surface area contributed by atoms with Crippen molar-refractivity contribution in [2.24, 2.45) is 5.41 Å². The van der Waals surface area contributed by atoms with Crippen LogP contribution in [-0.2, 0) is 4.79 Å². The summed E-state index contributed by atoms with van der Waals surface area (Å²) in [4.78, 5) is 26.3. The van der Waals surface area contributed by atoms with E-state index >= 15 is 0 Å². The van der Waals surface area contributed by atoms with Crippen LogP contribution in [0.3, 0.4) is 0 Å². The number of fused-ring (bicyclic) bond motifs is 2. The van der Waals surface area contributed by atoms with Crippen LogP contribution in [0.2, 0.25) is 0 Å². The van der Waals surface area contributed by atoms with Gasteiger partial charge in [-0.3, -0.25) is 0 Å². The Morgan fingerprint density at radius 2 is 1.40 bits per heavy atom. The summed E-state index contributed by atoms with van der Waals surface area (Å²) in [7, 11) is 2.24. The molecule has 0 aromatic carbocycles. The highest BCUT2D eigenvalue weighted by atomic mass is 16.1. The average molecular weight is 486 g/mol. The molecule has 1 spiro atoms. The minimum absolute atomic E-state index is 0.610. The van der Waals surface area contributed by atoms with Crippen LogP contribution in [0.1, 0.15) is 104 Å². The van der Waals surface area contributed by atoms with E-state index in [4.69, 9.17) is 14.8 Å². The van der Waals surface area contributed by atoms with Crippen molar-refractivity contribution in [3.05, 3.63) is 18.0 Å². The van der Waals surface area contributed by atoms with Gasteiger partial charge in [-0.1, -0.05) is 34.1 Å². The zero-order chi connectivity index (χ0) is 25.4. The number of piperazine rings is 1. The number of rotatable bonds is 3. The first-order chi connectivity index (χ1) is 17.1. The first kappa shape index (κ1) is 28.0. The van der Waals surface area contributed by atoms with Crippen LogP contribution in [-0.4, -0.2) is 77.4 Å². The molecule has 2 aliphatic carbocycles. The lowest BCUT2D eigenvalue weighted by Crippen LogP contribution is -2.55. The number of likely N-dealkylation sites (N-methyl/N-ethyl adjacent to an activating group) is 1. The quantitative estimate of drug-likeness (QED) is 0.525. The molecule has 1 aromatic heterocycles. The van der Waals surface area contributed by atoms with Gasteiger partial charge in [0, 0.05) is 43.6 Å². The van der Waals surface area contributed by atoms with Gasteiger partial charge in [0.15, 0.2) is 0 Å². The lowest BCUT2D eigenvalue weighted by molar-refractivity contribution is -0.106. The number of aromatic nitrogens is 2. The molecule has 5 aliphatic rings. The molecule has 6 rings (SSSR count). The van der Waals surface area contributed by atoms with Gasteiger partial charge in [0.2, 0.25) is 5.95 Å². The number of hydrogen-bond acceptors (Lipinski definition) is 6. The largest absolute Gasteiger partial charge is 0.332 e. The van der Waals surface area contributed by atoms with E-state index in [2.05, 4.69) is 34.1 Å². The van der Waals surface area contributed by atoms with Gasteiger partial charge < -0.3 is 19.5 Å². The molecule has 0 amide bonds. The summed E-state index contributed by atoms with van der Waals surface area (Å²) in [6.07, 6.45) is 17.7. The molecule has 2 atom stereocenters. The Kier molecular flexibility index (Phi) is 10.5. The maximum Gasteiger partial charge on any atom is 0.225 e. The molecule has 4 heterocycles. The Morgan fingerprint density at radius 1 is 0.886 bits per heavy atom. The third-order valence-corrected chi connectivity index (χ3v) is 8.82. The fraction of sp³-hybridized carbons (Fsp3) is 0.828. The second-order valence-corrected chi connectivity index (χ2v) is 10.8. The molecule has 6 heteroatoms. The molecule has 6 nitrogen and oxygen atoms in total. The van der Waals surface area contributed by atoms with Crippen molar-refractivity contribution in [2.45, 2.75) is 116 Å². The summed E-state index contributed by atoms with van der Waals surface area (Å²) < 4.78 is 0. The number of piperidine rings is 1. The first-order valence-electron chi connectivity index (χ1n) is 14.5. The summed E-state index contributed by atoms with van der Waals surface area (Å²) in [6.45, 7) is 14.3. The van der Waals surface area contributed by atoms with Crippen LogP contribution >= 0.6 is 0 Å². The summed E-state index contributed by atoms with van der Waals surface area (Å²) in [5.74, 6) is 1.63. The molecule has 3 saturated heterocycles. The van der Waals surface area contributed by atoms with Crippen molar-refractivity contribution in [3.63, 3.8) is 0 Å². The topological polar surface area (TPSA) is 52.6 Å². The second kappa shape index (κ2) is 13.1. The fourth-order valence-corrected chi connectivity index (χ4v) is 7.00. The first-order valence-corrected chi connectivity index (χ1v) is 14.5. The minimum Gasteiger partial charge on any atom is -0.332 e. The number of aldehydes is 1. The minimum atomic E-state index is 0.610. The Hall–Kier alpha value is -1.53. The van der Waals surface area contributed by atoms with Crippen molar-refractivity contribution in [1.29, 1.82) is 0 Å². The lowest BCUT2D eigenvalue weighted by atomic mass is 9.53. The van der Waals surface area contributed by atoms with Crippen molar-refractivity contribution in [1.82, 2.24) is 19.8 Å². The predicted molar refractivity (Wildman–Crippen MR) is 146 cm³/mol. The molecule has 0 N–H and O–H groups in total. The molecule has 198 valence electrons. The van der Waals surface area contributed by atoms with Crippen LogP contribution in [0, 0.1) is 5.41 Å². The zero-order valence-corrected chi connectivity index (χ0v) is 23.4. The third kappa shape index (κ3) is 6.25. The summed E-state index contributed by atoms with van der Waals surface area (Å²) in [5.41, 5.74) is 2.17. The highest BCUT2D eigenvalue weighted by molar-refractivity contribution is 5.44. The van der Waals surface area contributed by atoms with Gasteiger partial charge in [-0.2, -0.15) is 0 Å². The maximum atomic E-state index is 8.81. The van der Waals surface area contributed by atoms with Crippen LogP contribution in [0.15, 0.2) is 12.4 Å². The van der Waals surface area contributed by atoms with Gasteiger partial charge in [0.1, 0.15) is 6.29 Å². The number of carbonyl (C=O) groups excluding carboxylic acids is 1. The Balaban J connectivity index is 0.000000447. The summed E-state index contributed by atoms with van der Waals surface area (Å²) >= 11 is 0. The van der Waals surface area contributed by atoms with Crippen molar-refractivity contribution in [3.8, 4) is 0 Å². The van der Waals surface area contributed by atoms with Crippen molar-refractivity contribution >= 4 is 12.2 Å². The fourth-order valence-electron chi connectivity index (χ4n) is 7.00. The van der Waals surface area contributed by atoms with Gasteiger partial charge in [-0.25, -0.2) is 9.97 Å². The Morgan fingerprint density at radius 3 is 1.86 bits per heavy atom. The van der Waals surface area contributed by atoms with Gasteiger partial charge in [0.05, 0.1) is 0 Å². The molecular weight excluding hydrogens is 434 g/mol. The molecule has 35 heavy (non-hydrogen) atoms. The SMILES string of the molecule is CC.CC.CC=O.CN1CC2CCC(C1)N2c1ncc(C2CCN(C3CC4(CCC4)C3)CC2)cn1. The van der Waals surface area contributed by atoms with E-state index in [-0.39, 0.29) is 0 Å². The van der Waals surface area contributed by atoms with Gasteiger partial charge in [-0.15, -0.1) is 0 Å². The predicted octanol–water partition coefficient (Wildman–Crippen LogP) is 5.53. The van der Waals surface area contributed by atoms with E-state index in [9.17, 15) is 0 Å². The smallest absolute Gasteiger partial charge is 0.225 e. The van der Waals surface area contributed by atoms with E-state index in [1.165, 1.54) is 83.4 Å². The third-order valence-electron chi connectivity index (χ3n) is 8.82. The molecular formula is C29H51N5O. The van der Waals surface area contributed by atoms with E-state index in [0.717, 1.165) is 36.8 Å². The maximum absolute atomic E-state index is 8.81. The van der Waals surface area contributed by atoms with Crippen LogP contribution in [0.25, 0.3) is 0 Å². The molecule has 2 bridgehead atoms. The average Bonchev–Trinajstić information content (AvgIpc) is 3.12. The normalized spacial score (nSPS) is 27.8. The van der Waals surface area contributed by atoms with E-state index in [1.807, 2.05) is 27.7 Å². The van der Waals surface area contributed by atoms with Crippen molar-refractivity contribution < 1.29 is 4.79 Å². The van der Waals surface area contributed by atoms with Gasteiger partial charge >= 0.3 is 0 Å². The molecule has 2 saturated carbocycles. The highest BCUT2D eigenvalue weighted by Crippen LogP contribution is 2.57. The molecule has 1 aromatic rings. The van der Waals surface area contributed by atoms with E-state index in [1.54, 1.807) is 0 Å². The highest BCUT2D eigenvalue weighted by Gasteiger charge is 2.50. The molecule has 2 unspecified atom stereocenters. The zero-order valence-electron chi connectivity index (χ0n) is 23.4. The van der Waals surface area contributed by atoms with Gasteiger partial charge in [0.25, 0.3) is 0 Å². The number of likely N-dealkylation sites (tertiary alicyclic amines) is 2. The van der Waals surface area contributed by atoms with Crippen LogP contribution in [0.4, 0.5) is 5.95 Å². The number of carbonyl (C=O) groups is 1. The van der Waals surface area contributed by atoms with Crippen LogP contribution in [0.5, 0.6) is 0 Å². The number of hydrogen-bond donors (Lipinski definition) is 0. The van der Waals surface area contributed by atoms with E-state index < -0.39 is 0 Å². The number of nitrogens with zero attached hydrogens (tertiary/aromatic N) is 5. The van der Waals surface area contributed by atoms with Crippen LogP contribution < -0.4 is 4.90 Å². The summed E-state index contributed by atoms with van der Waals surface area (Å²) in [5, 5.41) is 0. The molecule has 0 radical (unpaired) electrons. The monoisotopic (exact) mass is 485 g/mol.